The van der Waals surface area contributed by atoms with E-state index in [9.17, 15) is 8.42 Å². The number of pyridine rings is 1. The summed E-state index contributed by atoms with van der Waals surface area (Å²) >= 11 is 0. The Morgan fingerprint density at radius 2 is 1.37 bits per heavy atom. The van der Waals surface area contributed by atoms with E-state index in [1.165, 1.54) is 0 Å². The van der Waals surface area contributed by atoms with Crippen LogP contribution in [0.4, 0.5) is 28.4 Å². The summed E-state index contributed by atoms with van der Waals surface area (Å²) in [7, 11) is -3.81. The number of hydrogen-bond donors (Lipinski definition) is 0. The molecule has 0 bridgehead atoms. The second-order valence-electron chi connectivity index (χ2n) is 13.7. The minimum absolute atomic E-state index is 0.177. The molecule has 4 aliphatic rings. The van der Waals surface area contributed by atoms with E-state index < -0.39 is 9.84 Å². The van der Waals surface area contributed by atoms with Gasteiger partial charge in [0.2, 0.25) is 26.6 Å². The summed E-state index contributed by atoms with van der Waals surface area (Å²) in [5.41, 5.74) is 9.77. The van der Waals surface area contributed by atoms with Crippen molar-refractivity contribution in [2.45, 2.75) is 11.3 Å². The van der Waals surface area contributed by atoms with E-state index in [0.29, 0.717) is 11.5 Å². The normalized spacial score (nSPS) is 15.7. The molecule has 3 heterocycles. The van der Waals surface area contributed by atoms with Gasteiger partial charge in [-0.25, -0.2) is 8.42 Å². The largest absolute Gasteiger partial charge is 0.455 e. The van der Waals surface area contributed by atoms with Crippen LogP contribution in [0.3, 0.4) is 0 Å². The first-order valence-electron chi connectivity index (χ1n) is 17.9. The third kappa shape index (κ3) is 4.42. The van der Waals surface area contributed by atoms with Gasteiger partial charge >= 0.3 is 0 Å². The van der Waals surface area contributed by atoms with Crippen LogP contribution in [0.15, 0.2) is 186 Å². The fourth-order valence-electron chi connectivity index (χ4n) is 8.43. The fourth-order valence-corrected chi connectivity index (χ4v) is 10.0. The van der Waals surface area contributed by atoms with Crippen molar-refractivity contribution in [3.05, 3.63) is 207 Å². The lowest BCUT2D eigenvalue weighted by Gasteiger charge is -2.30. The molecule has 1 aromatic heterocycles. The quantitative estimate of drug-likeness (QED) is 0.167. The molecule has 6 aromatic carbocycles. The highest BCUT2D eigenvalue weighted by Gasteiger charge is 2.38. The van der Waals surface area contributed by atoms with Crippen LogP contribution in [-0.4, -0.2) is 13.4 Å². The van der Waals surface area contributed by atoms with Crippen LogP contribution in [0.2, 0.25) is 0 Å². The Balaban J connectivity index is 1.32. The summed E-state index contributed by atoms with van der Waals surface area (Å²) in [6.45, 7) is 0. The number of rotatable bonds is 2. The first kappa shape index (κ1) is 30.8. The van der Waals surface area contributed by atoms with Crippen molar-refractivity contribution in [1.29, 1.82) is 0 Å². The molecule has 7 heteroatoms. The maximum atomic E-state index is 14.2. The van der Waals surface area contributed by atoms with Crippen LogP contribution in [-0.2, 0) is 9.84 Å². The first-order valence-corrected chi connectivity index (χ1v) is 19.4. The van der Waals surface area contributed by atoms with Crippen molar-refractivity contribution in [2.75, 3.05) is 4.90 Å². The summed E-state index contributed by atoms with van der Waals surface area (Å²) in [5, 5.41) is 4.04. The van der Waals surface area contributed by atoms with Crippen molar-refractivity contribution >= 4 is 49.4 Å². The second-order valence-corrected chi connectivity index (χ2v) is 15.7. The van der Waals surface area contributed by atoms with Gasteiger partial charge in [-0.3, -0.25) is 9.88 Å². The summed E-state index contributed by atoms with van der Waals surface area (Å²) in [6.07, 6.45) is 3.87. The van der Waals surface area contributed by atoms with E-state index in [1.807, 2.05) is 36.5 Å². The molecule has 0 unspecified atom stereocenters. The predicted molar refractivity (Wildman–Crippen MR) is 212 cm³/mol. The lowest BCUT2D eigenvalue weighted by Crippen LogP contribution is -2.33. The molecular weight excluding hydrogens is 687 g/mol. The zero-order valence-corrected chi connectivity index (χ0v) is 29.7. The van der Waals surface area contributed by atoms with Crippen molar-refractivity contribution in [3.63, 3.8) is 0 Å². The monoisotopic (exact) mass is 716 g/mol. The minimum Gasteiger partial charge on any atom is -0.455 e. The van der Waals surface area contributed by atoms with E-state index in [4.69, 9.17) is 9.72 Å². The molecular formula is C47H30N3O3S+. The number of para-hydroxylation sites is 5. The molecule has 0 radical (unpaired) electrons. The standard InChI is InChI=1S/C47H30N3O3S/c51-54(52)45-24-12-11-23-43(45)53-44-28-38-37(29-46(44)54)33-19-8-7-18-32(33)35-26-41-42(27-36(35)34-20-13-25-48-47(34)38)50(31-16-5-2-6-17-31)40-22-10-9-21-39(40)49(41)30-14-3-1-4-15-30/h1-28H,29H2/q+1. The smallest absolute Gasteiger partial charge is 0.236 e. The highest BCUT2D eigenvalue weighted by molar-refractivity contribution is 7.95. The van der Waals surface area contributed by atoms with E-state index in [-0.39, 0.29) is 16.2 Å². The molecule has 0 atom stereocenters. The van der Waals surface area contributed by atoms with Crippen LogP contribution in [0.1, 0.15) is 12.1 Å². The van der Waals surface area contributed by atoms with Gasteiger partial charge in [-0.15, -0.1) is 4.58 Å². The fraction of sp³-hybridized carbons (Fsp3) is 0.0213. The van der Waals surface area contributed by atoms with Crippen LogP contribution < -0.4 is 24.8 Å². The second kappa shape index (κ2) is 11.6. The Morgan fingerprint density at radius 1 is 0.648 bits per heavy atom. The topological polar surface area (TPSA) is 62.5 Å². The third-order valence-electron chi connectivity index (χ3n) is 10.8. The summed E-state index contributed by atoms with van der Waals surface area (Å²) < 4.78 is 37.1. The number of aromatic nitrogens is 1. The van der Waals surface area contributed by atoms with Crippen molar-refractivity contribution in [1.82, 2.24) is 9.56 Å². The van der Waals surface area contributed by atoms with Crippen molar-refractivity contribution in [3.8, 4) is 16.9 Å². The van der Waals surface area contributed by atoms with Gasteiger partial charge in [0, 0.05) is 53.7 Å². The zero-order valence-electron chi connectivity index (χ0n) is 28.8. The SMILES string of the molecule is O=S1(=O)C2=C(C=C3C(=c4ccccc4=c4cc5c(cc4-c4cccnc43)=[N+](c3ccccc3)c3ccccc3N5c3ccccc3)C2)Oc2ccccc21. The summed E-state index contributed by atoms with van der Waals surface area (Å²) in [6, 6.07) is 53.4. The number of anilines is 3. The van der Waals surface area contributed by atoms with Crippen LogP contribution >= 0.6 is 0 Å². The Labute approximate surface area is 311 Å². The minimum atomic E-state index is -3.81. The summed E-state index contributed by atoms with van der Waals surface area (Å²) in [4.78, 5) is 7.85. The van der Waals surface area contributed by atoms with Gasteiger partial charge in [0.05, 0.1) is 10.6 Å². The lowest BCUT2D eigenvalue weighted by molar-refractivity contribution is 0.419. The molecule has 54 heavy (non-hydrogen) atoms. The van der Waals surface area contributed by atoms with Gasteiger partial charge in [-0.1, -0.05) is 91.0 Å². The van der Waals surface area contributed by atoms with E-state index in [2.05, 4.69) is 119 Å². The van der Waals surface area contributed by atoms with E-state index in [1.54, 1.807) is 24.3 Å². The molecule has 0 saturated carbocycles. The average molecular weight is 717 g/mol. The molecule has 0 spiro atoms. The number of benzene rings is 6. The number of ether oxygens (including phenoxy) is 1. The maximum Gasteiger partial charge on any atom is 0.236 e. The molecule has 0 N–H and O–H groups in total. The number of hydrogen-bond acceptors (Lipinski definition) is 5. The van der Waals surface area contributed by atoms with Gasteiger partial charge in [0.1, 0.15) is 27.8 Å². The van der Waals surface area contributed by atoms with E-state index in [0.717, 1.165) is 77.4 Å². The molecule has 7 aromatic rings. The van der Waals surface area contributed by atoms with Gasteiger partial charge in [-0.2, -0.15) is 0 Å². The summed E-state index contributed by atoms with van der Waals surface area (Å²) in [5.74, 6) is 0.684. The van der Waals surface area contributed by atoms with E-state index >= 15 is 0 Å². The number of sulfone groups is 1. The Kier molecular flexibility index (Phi) is 6.60. The van der Waals surface area contributed by atoms with Crippen molar-refractivity contribution in [2.24, 2.45) is 0 Å². The number of allylic oxidation sites excluding steroid dienone is 3. The van der Waals surface area contributed by atoms with Gasteiger partial charge in [0.15, 0.2) is 0 Å². The average Bonchev–Trinajstić information content (AvgIpc) is 3.22. The van der Waals surface area contributed by atoms with Crippen molar-refractivity contribution < 1.29 is 13.2 Å². The Morgan fingerprint density at radius 3 is 2.22 bits per heavy atom. The maximum absolute atomic E-state index is 14.2. The van der Waals surface area contributed by atoms with Crippen LogP contribution in [0.25, 0.3) is 22.3 Å². The van der Waals surface area contributed by atoms with Gasteiger partial charge < -0.3 is 4.74 Å². The molecule has 0 amide bonds. The molecule has 11 rings (SSSR count). The molecule has 2 aliphatic carbocycles. The van der Waals surface area contributed by atoms with Crippen LogP contribution in [0.5, 0.6) is 5.75 Å². The highest BCUT2D eigenvalue weighted by Crippen LogP contribution is 2.48. The third-order valence-corrected chi connectivity index (χ3v) is 12.7. The molecule has 2 aliphatic heterocycles. The lowest BCUT2D eigenvalue weighted by atomic mass is 9.85. The molecule has 0 fully saturated rings. The number of nitrogens with zero attached hydrogens (tertiary/aromatic N) is 3. The predicted octanol–water partition coefficient (Wildman–Crippen LogP) is 9.00. The Hall–Kier alpha value is -6.83. The molecule has 6 nitrogen and oxygen atoms in total. The highest BCUT2D eigenvalue weighted by atomic mass is 32.2. The molecule has 0 saturated heterocycles. The van der Waals surface area contributed by atoms with Gasteiger partial charge in [-0.05, 0) is 75.3 Å². The Bertz CT molecular complexity index is 3170. The molecule has 256 valence electrons. The van der Waals surface area contributed by atoms with Gasteiger partial charge in [0.25, 0.3) is 0 Å². The number of fused-ring (bicyclic) bond motifs is 9. The van der Waals surface area contributed by atoms with Crippen LogP contribution in [0, 0.1) is 10.4 Å². The first-order chi connectivity index (χ1) is 26.6. The zero-order chi connectivity index (χ0) is 36.0.